The van der Waals surface area contributed by atoms with Gasteiger partial charge in [-0.15, -0.1) is 11.3 Å². The number of benzene rings is 1. The first-order chi connectivity index (χ1) is 10.1. The molecular weight excluding hydrogens is 276 g/mol. The average molecular weight is 302 g/mol. The van der Waals surface area contributed by atoms with E-state index in [0.717, 1.165) is 19.0 Å². The number of hydrogen-bond donors (Lipinski definition) is 0. The molecule has 0 saturated carbocycles. The van der Waals surface area contributed by atoms with Crippen LogP contribution in [0, 0.1) is 0 Å². The van der Waals surface area contributed by atoms with Gasteiger partial charge in [0.2, 0.25) is 0 Å². The van der Waals surface area contributed by atoms with Crippen molar-refractivity contribution in [1.82, 2.24) is 4.90 Å². The molecule has 1 aromatic heterocycles. The van der Waals surface area contributed by atoms with Crippen LogP contribution in [-0.4, -0.2) is 37.1 Å². The van der Waals surface area contributed by atoms with Crippen LogP contribution >= 0.6 is 11.3 Å². The molecule has 0 bridgehead atoms. The molecule has 1 aromatic carbocycles. The van der Waals surface area contributed by atoms with Gasteiger partial charge in [0.1, 0.15) is 0 Å². The fraction of sp³-hybridized carbons (Fsp3) is 0.556. The van der Waals surface area contributed by atoms with Crippen molar-refractivity contribution >= 4 is 27.1 Å². The molecular formula is C18H26N2S. The Bertz CT molecular complexity index is 607. The highest BCUT2D eigenvalue weighted by molar-refractivity contribution is 7.17. The minimum Gasteiger partial charge on any atom is -0.372 e. The fourth-order valence-corrected chi connectivity index (χ4v) is 4.29. The Morgan fingerprint density at radius 3 is 2.57 bits per heavy atom. The zero-order valence-electron chi connectivity index (χ0n) is 13.6. The highest BCUT2D eigenvalue weighted by Crippen LogP contribution is 2.38. The summed E-state index contributed by atoms with van der Waals surface area (Å²) >= 11 is 1.90. The number of anilines is 1. The van der Waals surface area contributed by atoms with E-state index in [0.29, 0.717) is 6.04 Å². The molecule has 0 spiro atoms. The zero-order valence-corrected chi connectivity index (χ0v) is 14.4. The molecule has 114 valence electrons. The maximum atomic E-state index is 2.56. The lowest BCUT2D eigenvalue weighted by Crippen LogP contribution is -2.48. The van der Waals surface area contributed by atoms with E-state index in [2.05, 4.69) is 61.1 Å². The van der Waals surface area contributed by atoms with E-state index < -0.39 is 0 Å². The van der Waals surface area contributed by atoms with Crippen LogP contribution in [0.25, 0.3) is 10.1 Å². The Hall–Kier alpha value is -1.06. The van der Waals surface area contributed by atoms with Crippen molar-refractivity contribution in [2.75, 3.05) is 31.1 Å². The second kappa shape index (κ2) is 5.98. The minimum atomic E-state index is 0.678. The van der Waals surface area contributed by atoms with Crippen molar-refractivity contribution in [2.45, 2.75) is 39.7 Å². The second-order valence-corrected chi connectivity index (χ2v) is 7.20. The molecule has 1 aliphatic rings. The van der Waals surface area contributed by atoms with Gasteiger partial charge < -0.3 is 4.90 Å². The Morgan fingerprint density at radius 1 is 1.24 bits per heavy atom. The average Bonchev–Trinajstić information content (AvgIpc) is 2.82. The fourth-order valence-electron chi connectivity index (χ4n) is 3.27. The highest BCUT2D eigenvalue weighted by Gasteiger charge is 2.31. The third kappa shape index (κ3) is 2.69. The Kier molecular flexibility index (Phi) is 4.23. The van der Waals surface area contributed by atoms with Gasteiger partial charge in [0.15, 0.2) is 0 Å². The van der Waals surface area contributed by atoms with Crippen LogP contribution in [0.3, 0.4) is 0 Å². The van der Waals surface area contributed by atoms with Crippen LogP contribution in [0.15, 0.2) is 23.6 Å². The third-order valence-corrected chi connectivity index (χ3v) is 5.78. The predicted molar refractivity (Wildman–Crippen MR) is 94.8 cm³/mol. The lowest BCUT2D eigenvalue weighted by Gasteiger charge is -2.42. The van der Waals surface area contributed by atoms with Crippen molar-refractivity contribution in [3.63, 3.8) is 0 Å². The van der Waals surface area contributed by atoms with Crippen molar-refractivity contribution in [2.24, 2.45) is 0 Å². The molecule has 3 heteroatoms. The molecule has 3 rings (SSSR count). The summed E-state index contributed by atoms with van der Waals surface area (Å²) in [7, 11) is 0. The van der Waals surface area contributed by atoms with E-state index in [-0.39, 0.29) is 0 Å². The number of fused-ring (bicyclic) bond motifs is 1. The zero-order chi connectivity index (χ0) is 15.0. The number of likely N-dealkylation sites (tertiary alicyclic amines) is 1. The summed E-state index contributed by atoms with van der Waals surface area (Å²) in [5, 5.41) is 3.87. The van der Waals surface area contributed by atoms with Crippen molar-refractivity contribution in [1.29, 1.82) is 0 Å². The smallest absolute Gasteiger partial charge is 0.0373 e. The lowest BCUT2D eigenvalue weighted by atomic mass is 9.90. The van der Waals surface area contributed by atoms with Gasteiger partial charge in [-0.3, -0.25) is 4.90 Å². The monoisotopic (exact) mass is 302 g/mol. The molecule has 2 nitrogen and oxygen atoms in total. The van der Waals surface area contributed by atoms with Crippen LogP contribution in [0.5, 0.6) is 0 Å². The highest BCUT2D eigenvalue weighted by atomic mass is 32.1. The van der Waals surface area contributed by atoms with E-state index in [4.69, 9.17) is 0 Å². The topological polar surface area (TPSA) is 6.48 Å². The molecule has 0 amide bonds. The maximum Gasteiger partial charge on any atom is 0.0373 e. The maximum absolute atomic E-state index is 2.56. The first-order valence-corrected chi connectivity index (χ1v) is 9.02. The molecule has 1 fully saturated rings. The second-order valence-electron chi connectivity index (χ2n) is 6.29. The summed E-state index contributed by atoms with van der Waals surface area (Å²) < 4.78 is 1.43. The molecule has 1 aliphatic heterocycles. The van der Waals surface area contributed by atoms with Gasteiger partial charge in [-0.2, -0.15) is 0 Å². The van der Waals surface area contributed by atoms with E-state index in [1.54, 1.807) is 5.56 Å². The summed E-state index contributed by atoms with van der Waals surface area (Å²) in [6.45, 7) is 13.6. The van der Waals surface area contributed by atoms with E-state index >= 15 is 0 Å². The van der Waals surface area contributed by atoms with Crippen LogP contribution in [0.2, 0.25) is 0 Å². The van der Waals surface area contributed by atoms with Gasteiger partial charge in [-0.25, -0.2) is 0 Å². The molecule has 0 atom stereocenters. The summed E-state index contributed by atoms with van der Waals surface area (Å²) in [6, 6.07) is 7.66. The standard InChI is InChI=1S/C18H26N2S/c1-5-19(6-2)15-7-8-18-16(9-15)17(12-21-18)14-10-20(11-14)13(3)4/h7-9,12-14H,5-6,10-11H2,1-4H3. The van der Waals surface area contributed by atoms with Gasteiger partial charge in [-0.1, -0.05) is 0 Å². The largest absolute Gasteiger partial charge is 0.372 e. The van der Waals surface area contributed by atoms with E-state index in [9.17, 15) is 0 Å². The molecule has 2 aromatic rings. The van der Waals surface area contributed by atoms with Crippen molar-refractivity contribution in [3.8, 4) is 0 Å². The first-order valence-electron chi connectivity index (χ1n) is 8.14. The third-order valence-electron chi connectivity index (χ3n) is 4.80. The molecule has 0 radical (unpaired) electrons. The Labute approximate surface area is 132 Å². The van der Waals surface area contributed by atoms with Gasteiger partial charge in [-0.05, 0) is 62.2 Å². The van der Waals surface area contributed by atoms with Crippen LogP contribution < -0.4 is 4.90 Å². The molecule has 1 saturated heterocycles. The molecule has 0 unspecified atom stereocenters. The Balaban J connectivity index is 1.88. The molecule has 0 aliphatic carbocycles. The molecule has 0 N–H and O–H groups in total. The van der Waals surface area contributed by atoms with E-state index in [1.165, 1.54) is 28.9 Å². The quantitative estimate of drug-likeness (QED) is 0.799. The van der Waals surface area contributed by atoms with Crippen molar-refractivity contribution in [3.05, 3.63) is 29.1 Å². The molecule has 21 heavy (non-hydrogen) atoms. The van der Waals surface area contributed by atoms with Crippen LogP contribution in [-0.2, 0) is 0 Å². The van der Waals surface area contributed by atoms with Gasteiger partial charge in [0.05, 0.1) is 0 Å². The predicted octanol–water partition coefficient (Wildman–Crippen LogP) is 4.56. The normalized spacial score (nSPS) is 16.6. The number of hydrogen-bond acceptors (Lipinski definition) is 3. The minimum absolute atomic E-state index is 0.678. The van der Waals surface area contributed by atoms with E-state index in [1.807, 2.05) is 11.3 Å². The summed E-state index contributed by atoms with van der Waals surface area (Å²) in [5.74, 6) is 0.730. The van der Waals surface area contributed by atoms with Gasteiger partial charge >= 0.3 is 0 Å². The summed E-state index contributed by atoms with van der Waals surface area (Å²) in [6.07, 6.45) is 0. The number of rotatable bonds is 5. The van der Waals surface area contributed by atoms with Crippen LogP contribution in [0.1, 0.15) is 39.2 Å². The summed E-state index contributed by atoms with van der Waals surface area (Å²) in [5.41, 5.74) is 2.94. The first kappa shape index (κ1) is 14.9. The summed E-state index contributed by atoms with van der Waals surface area (Å²) in [4.78, 5) is 4.99. The lowest BCUT2D eigenvalue weighted by molar-refractivity contribution is 0.111. The van der Waals surface area contributed by atoms with Gasteiger partial charge in [0.25, 0.3) is 0 Å². The van der Waals surface area contributed by atoms with Gasteiger partial charge in [0, 0.05) is 48.5 Å². The number of thiophene rings is 1. The number of nitrogens with zero attached hydrogens (tertiary/aromatic N) is 2. The van der Waals surface area contributed by atoms with Crippen LogP contribution in [0.4, 0.5) is 5.69 Å². The molecule has 2 heterocycles. The Morgan fingerprint density at radius 2 is 1.95 bits per heavy atom. The van der Waals surface area contributed by atoms with Crippen molar-refractivity contribution < 1.29 is 0 Å². The SMILES string of the molecule is CCN(CC)c1ccc2scc(C3CN(C(C)C)C3)c2c1.